The van der Waals surface area contributed by atoms with Gasteiger partial charge in [0.15, 0.2) is 0 Å². The predicted octanol–water partition coefficient (Wildman–Crippen LogP) is 3.04. The van der Waals surface area contributed by atoms with E-state index in [1.54, 1.807) is 0 Å². The van der Waals surface area contributed by atoms with Crippen molar-refractivity contribution in [2.75, 3.05) is 26.3 Å². The first-order valence-corrected chi connectivity index (χ1v) is 6.87. The molecule has 0 aromatic carbocycles. The van der Waals surface area contributed by atoms with Crippen molar-refractivity contribution in [2.24, 2.45) is 0 Å². The second-order valence-corrected chi connectivity index (χ2v) is 5.54. The van der Waals surface area contributed by atoms with Gasteiger partial charge in [0.2, 0.25) is 0 Å². The molecule has 1 aromatic heterocycles. The molecule has 0 fully saturated rings. The third-order valence-corrected chi connectivity index (χ3v) is 3.84. The topological polar surface area (TPSA) is 21.3 Å². The summed E-state index contributed by atoms with van der Waals surface area (Å²) in [6, 6.07) is 4.34. The Kier molecular flexibility index (Phi) is 6.03. The van der Waals surface area contributed by atoms with Crippen molar-refractivity contribution >= 4 is 11.3 Å². The van der Waals surface area contributed by atoms with Crippen molar-refractivity contribution in [3.63, 3.8) is 0 Å². The SMILES string of the molecule is CCOCCCNCC(C)(C)c1cccs1. The summed E-state index contributed by atoms with van der Waals surface area (Å²) >= 11 is 1.84. The van der Waals surface area contributed by atoms with Gasteiger partial charge in [0.05, 0.1) is 0 Å². The smallest absolute Gasteiger partial charge is 0.0477 e. The highest BCUT2D eigenvalue weighted by Gasteiger charge is 2.20. The molecule has 1 rings (SSSR count). The van der Waals surface area contributed by atoms with Crippen LogP contribution in [0.2, 0.25) is 0 Å². The lowest BCUT2D eigenvalue weighted by Crippen LogP contribution is -2.33. The van der Waals surface area contributed by atoms with Crippen LogP contribution in [0.5, 0.6) is 0 Å². The van der Waals surface area contributed by atoms with Crippen LogP contribution in [0.25, 0.3) is 0 Å². The van der Waals surface area contributed by atoms with Crippen LogP contribution in [0.4, 0.5) is 0 Å². The summed E-state index contributed by atoms with van der Waals surface area (Å²) in [6.45, 7) is 10.4. The van der Waals surface area contributed by atoms with Crippen molar-refractivity contribution in [3.8, 4) is 0 Å². The number of nitrogens with one attached hydrogen (secondary N) is 1. The van der Waals surface area contributed by atoms with E-state index in [9.17, 15) is 0 Å². The zero-order valence-corrected chi connectivity index (χ0v) is 11.4. The van der Waals surface area contributed by atoms with Crippen molar-refractivity contribution in [1.82, 2.24) is 5.32 Å². The lowest BCUT2D eigenvalue weighted by atomic mass is 9.91. The average Bonchev–Trinajstić information content (AvgIpc) is 2.77. The highest BCUT2D eigenvalue weighted by molar-refractivity contribution is 7.10. The van der Waals surface area contributed by atoms with E-state index in [4.69, 9.17) is 4.74 Å². The van der Waals surface area contributed by atoms with E-state index in [1.807, 2.05) is 18.3 Å². The van der Waals surface area contributed by atoms with Crippen LogP contribution in [0.15, 0.2) is 17.5 Å². The molecule has 0 atom stereocenters. The molecule has 2 nitrogen and oxygen atoms in total. The summed E-state index contributed by atoms with van der Waals surface area (Å²) in [4.78, 5) is 1.45. The summed E-state index contributed by atoms with van der Waals surface area (Å²) in [5.41, 5.74) is 0.236. The second kappa shape index (κ2) is 7.05. The van der Waals surface area contributed by atoms with Crippen LogP contribution in [-0.4, -0.2) is 26.3 Å². The Morgan fingerprint density at radius 2 is 2.25 bits per heavy atom. The number of ether oxygens (including phenoxy) is 1. The molecule has 3 heteroatoms. The molecule has 0 aliphatic rings. The van der Waals surface area contributed by atoms with E-state index >= 15 is 0 Å². The Hall–Kier alpha value is -0.380. The van der Waals surface area contributed by atoms with Gasteiger partial charge < -0.3 is 10.1 Å². The third-order valence-electron chi connectivity index (χ3n) is 2.60. The minimum absolute atomic E-state index is 0.236. The monoisotopic (exact) mass is 241 g/mol. The Bertz CT molecular complexity index is 269. The first kappa shape index (κ1) is 13.7. The molecule has 0 unspecified atom stereocenters. The highest BCUT2D eigenvalue weighted by Crippen LogP contribution is 2.26. The van der Waals surface area contributed by atoms with Gasteiger partial charge in [-0.2, -0.15) is 0 Å². The average molecular weight is 241 g/mol. The van der Waals surface area contributed by atoms with Crippen LogP contribution in [0, 0.1) is 0 Å². The van der Waals surface area contributed by atoms with Crippen LogP contribution >= 0.6 is 11.3 Å². The van der Waals surface area contributed by atoms with Gasteiger partial charge in [0.25, 0.3) is 0 Å². The number of thiophene rings is 1. The fourth-order valence-corrected chi connectivity index (χ4v) is 2.45. The molecule has 0 radical (unpaired) electrons. The maximum Gasteiger partial charge on any atom is 0.0477 e. The van der Waals surface area contributed by atoms with Gasteiger partial charge in [-0.25, -0.2) is 0 Å². The molecule has 0 aliphatic heterocycles. The Labute approximate surface area is 103 Å². The van der Waals surface area contributed by atoms with Gasteiger partial charge in [-0.1, -0.05) is 19.9 Å². The zero-order valence-electron chi connectivity index (χ0n) is 10.6. The van der Waals surface area contributed by atoms with Crippen LogP contribution < -0.4 is 5.32 Å². The van der Waals surface area contributed by atoms with Gasteiger partial charge in [0, 0.05) is 30.1 Å². The van der Waals surface area contributed by atoms with Crippen molar-refractivity contribution < 1.29 is 4.74 Å². The molecule has 0 spiro atoms. The van der Waals surface area contributed by atoms with E-state index in [0.717, 1.165) is 32.7 Å². The Balaban J connectivity index is 2.17. The van der Waals surface area contributed by atoms with Crippen molar-refractivity contribution in [3.05, 3.63) is 22.4 Å². The van der Waals surface area contributed by atoms with Gasteiger partial charge in [-0.3, -0.25) is 0 Å². The van der Waals surface area contributed by atoms with Gasteiger partial charge >= 0.3 is 0 Å². The maximum atomic E-state index is 5.30. The standard InChI is InChI=1S/C13H23NOS/c1-4-15-9-6-8-14-11-13(2,3)12-7-5-10-16-12/h5,7,10,14H,4,6,8-9,11H2,1-3H3. The zero-order chi connectivity index (χ0) is 11.9. The third kappa shape index (κ3) is 4.64. The summed E-state index contributed by atoms with van der Waals surface area (Å²) < 4.78 is 5.30. The van der Waals surface area contributed by atoms with Gasteiger partial charge in [-0.05, 0) is 31.3 Å². The largest absolute Gasteiger partial charge is 0.382 e. The molecular weight excluding hydrogens is 218 g/mol. The molecule has 0 saturated carbocycles. The summed E-state index contributed by atoms with van der Waals surface area (Å²) in [5, 5.41) is 5.64. The summed E-state index contributed by atoms with van der Waals surface area (Å²) in [5.74, 6) is 0. The lowest BCUT2D eigenvalue weighted by Gasteiger charge is -2.23. The van der Waals surface area contributed by atoms with Gasteiger partial charge in [-0.15, -0.1) is 11.3 Å². The van der Waals surface area contributed by atoms with Crippen molar-refractivity contribution in [2.45, 2.75) is 32.6 Å². The van der Waals surface area contributed by atoms with E-state index in [1.165, 1.54) is 4.88 Å². The maximum absolute atomic E-state index is 5.30. The fourth-order valence-electron chi connectivity index (χ4n) is 1.60. The van der Waals surface area contributed by atoms with E-state index in [0.29, 0.717) is 0 Å². The molecule has 1 aromatic rings. The molecule has 1 N–H and O–H groups in total. The number of rotatable bonds is 8. The second-order valence-electron chi connectivity index (χ2n) is 4.59. The number of hydrogen-bond acceptors (Lipinski definition) is 3. The first-order chi connectivity index (χ1) is 7.67. The lowest BCUT2D eigenvalue weighted by molar-refractivity contribution is 0.144. The summed E-state index contributed by atoms with van der Waals surface area (Å²) in [7, 11) is 0. The predicted molar refractivity (Wildman–Crippen MR) is 71.3 cm³/mol. The van der Waals surface area contributed by atoms with E-state index < -0.39 is 0 Å². The molecule has 16 heavy (non-hydrogen) atoms. The molecule has 1 heterocycles. The molecule has 0 aliphatic carbocycles. The quantitative estimate of drug-likeness (QED) is 0.706. The van der Waals surface area contributed by atoms with Gasteiger partial charge in [0.1, 0.15) is 0 Å². The van der Waals surface area contributed by atoms with E-state index in [2.05, 4.69) is 36.7 Å². The number of hydrogen-bond donors (Lipinski definition) is 1. The van der Waals surface area contributed by atoms with Crippen LogP contribution in [-0.2, 0) is 10.2 Å². The van der Waals surface area contributed by atoms with E-state index in [-0.39, 0.29) is 5.41 Å². The molecule has 0 bridgehead atoms. The fraction of sp³-hybridized carbons (Fsp3) is 0.692. The van der Waals surface area contributed by atoms with Crippen molar-refractivity contribution in [1.29, 1.82) is 0 Å². The van der Waals surface area contributed by atoms with Crippen LogP contribution in [0.3, 0.4) is 0 Å². The summed E-state index contributed by atoms with van der Waals surface area (Å²) in [6.07, 6.45) is 1.09. The van der Waals surface area contributed by atoms with Crippen LogP contribution in [0.1, 0.15) is 32.1 Å². The molecule has 0 amide bonds. The minimum atomic E-state index is 0.236. The molecule has 92 valence electrons. The minimum Gasteiger partial charge on any atom is -0.382 e. The Morgan fingerprint density at radius 1 is 1.44 bits per heavy atom. The highest BCUT2D eigenvalue weighted by atomic mass is 32.1. The molecule has 0 saturated heterocycles. The first-order valence-electron chi connectivity index (χ1n) is 5.99. The normalized spacial score (nSPS) is 11.9. The Morgan fingerprint density at radius 3 is 2.88 bits per heavy atom. The molecular formula is C13H23NOS.